The lowest BCUT2D eigenvalue weighted by Gasteiger charge is -2.06. The lowest BCUT2D eigenvalue weighted by Crippen LogP contribution is -2.00. The molecular weight excluding hydrogens is 349 g/mol. The third kappa shape index (κ3) is 3.70. The van der Waals surface area contributed by atoms with Crippen LogP contribution in [-0.4, -0.2) is 27.5 Å². The van der Waals surface area contributed by atoms with Crippen molar-refractivity contribution in [1.82, 2.24) is 15.2 Å². The van der Waals surface area contributed by atoms with E-state index >= 15 is 0 Å². The number of ether oxygens (including phenoxy) is 1. The molecule has 0 aliphatic carbocycles. The molecule has 0 atom stereocenters. The van der Waals surface area contributed by atoms with Crippen molar-refractivity contribution in [3.8, 4) is 17.1 Å². The molecule has 0 aliphatic heterocycles. The predicted molar refractivity (Wildman–Crippen MR) is 102 cm³/mol. The molecule has 0 saturated carbocycles. The van der Waals surface area contributed by atoms with Gasteiger partial charge in [0.05, 0.1) is 12.2 Å². The van der Waals surface area contributed by atoms with Gasteiger partial charge in [0.1, 0.15) is 11.6 Å². The van der Waals surface area contributed by atoms with Crippen LogP contribution in [0.1, 0.15) is 0 Å². The number of rotatable bonds is 6. The predicted octanol–water partition coefficient (Wildman–Crippen LogP) is 4.94. The molecule has 3 aromatic carbocycles. The standard InChI is InChI=1S/C20H16FN3OS/c21-18-8-4-3-7-17(18)19-22-20(24-23-19)26-12-11-25-16-10-9-14-5-1-2-6-15(14)13-16/h1-10,13H,11-12H2,(H,22,23,24). The van der Waals surface area contributed by atoms with Crippen molar-refractivity contribution in [2.24, 2.45) is 0 Å². The van der Waals surface area contributed by atoms with Crippen molar-refractivity contribution in [3.05, 3.63) is 72.5 Å². The highest BCUT2D eigenvalue weighted by Gasteiger charge is 2.10. The highest BCUT2D eigenvalue weighted by atomic mass is 32.2. The maximum absolute atomic E-state index is 13.8. The van der Waals surface area contributed by atoms with Crippen LogP contribution in [0.4, 0.5) is 4.39 Å². The first kappa shape index (κ1) is 16.6. The molecule has 1 N–H and O–H groups in total. The van der Waals surface area contributed by atoms with Crippen molar-refractivity contribution in [1.29, 1.82) is 0 Å². The number of hydrogen-bond acceptors (Lipinski definition) is 4. The largest absolute Gasteiger partial charge is 0.493 e. The summed E-state index contributed by atoms with van der Waals surface area (Å²) in [7, 11) is 0. The van der Waals surface area contributed by atoms with E-state index in [9.17, 15) is 4.39 Å². The molecule has 0 amide bonds. The highest BCUT2D eigenvalue weighted by molar-refractivity contribution is 7.99. The zero-order chi connectivity index (χ0) is 17.8. The third-order valence-corrected chi connectivity index (χ3v) is 4.71. The van der Waals surface area contributed by atoms with Gasteiger partial charge < -0.3 is 4.74 Å². The Morgan fingerprint density at radius 3 is 2.65 bits per heavy atom. The first-order valence-corrected chi connectivity index (χ1v) is 9.20. The van der Waals surface area contributed by atoms with E-state index in [2.05, 4.69) is 27.3 Å². The molecule has 6 heteroatoms. The number of hydrogen-bond donors (Lipinski definition) is 1. The molecule has 26 heavy (non-hydrogen) atoms. The Kier molecular flexibility index (Phi) is 4.84. The van der Waals surface area contributed by atoms with Crippen molar-refractivity contribution in [2.45, 2.75) is 5.16 Å². The van der Waals surface area contributed by atoms with Gasteiger partial charge in [-0.3, -0.25) is 5.10 Å². The van der Waals surface area contributed by atoms with E-state index in [1.54, 1.807) is 18.2 Å². The smallest absolute Gasteiger partial charge is 0.208 e. The summed E-state index contributed by atoms with van der Waals surface area (Å²) in [6, 6.07) is 20.7. The molecule has 0 aliphatic rings. The van der Waals surface area contributed by atoms with Crippen molar-refractivity contribution in [2.75, 3.05) is 12.4 Å². The quantitative estimate of drug-likeness (QED) is 0.389. The number of nitrogens with zero attached hydrogens (tertiary/aromatic N) is 2. The maximum Gasteiger partial charge on any atom is 0.208 e. The summed E-state index contributed by atoms with van der Waals surface area (Å²) in [6.45, 7) is 0.534. The van der Waals surface area contributed by atoms with Crippen LogP contribution < -0.4 is 4.74 Å². The SMILES string of the molecule is Fc1ccccc1-c1nc(SCCOc2ccc3ccccc3c2)n[nH]1. The van der Waals surface area contributed by atoms with Crippen LogP contribution in [0.5, 0.6) is 5.75 Å². The van der Waals surface area contributed by atoms with Gasteiger partial charge >= 0.3 is 0 Å². The molecular formula is C20H16FN3OS. The van der Waals surface area contributed by atoms with Gasteiger partial charge in [0.25, 0.3) is 0 Å². The number of fused-ring (bicyclic) bond motifs is 1. The van der Waals surface area contributed by atoms with Gasteiger partial charge in [-0.25, -0.2) is 9.37 Å². The number of thioether (sulfide) groups is 1. The lowest BCUT2D eigenvalue weighted by molar-refractivity contribution is 0.344. The van der Waals surface area contributed by atoms with E-state index in [1.165, 1.54) is 23.2 Å². The highest BCUT2D eigenvalue weighted by Crippen LogP contribution is 2.23. The van der Waals surface area contributed by atoms with Crippen LogP contribution in [0.3, 0.4) is 0 Å². The van der Waals surface area contributed by atoms with Crippen molar-refractivity contribution >= 4 is 22.5 Å². The summed E-state index contributed by atoms with van der Waals surface area (Å²) in [5, 5.41) is 9.82. The zero-order valence-corrected chi connectivity index (χ0v) is 14.7. The van der Waals surface area contributed by atoms with E-state index in [0.717, 1.165) is 11.1 Å². The minimum absolute atomic E-state index is 0.320. The van der Waals surface area contributed by atoms with Gasteiger partial charge in [-0.1, -0.05) is 54.2 Å². The molecule has 130 valence electrons. The van der Waals surface area contributed by atoms with Gasteiger partial charge in [0.2, 0.25) is 5.16 Å². The van der Waals surface area contributed by atoms with Gasteiger partial charge in [-0.05, 0) is 35.0 Å². The van der Waals surface area contributed by atoms with Gasteiger partial charge in [-0.15, -0.1) is 5.10 Å². The Labute approximate surface area is 154 Å². The monoisotopic (exact) mass is 365 g/mol. The molecule has 4 aromatic rings. The van der Waals surface area contributed by atoms with E-state index in [0.29, 0.717) is 28.9 Å². The first-order chi connectivity index (χ1) is 12.8. The topological polar surface area (TPSA) is 50.8 Å². The molecule has 1 aromatic heterocycles. The number of aromatic nitrogens is 3. The molecule has 0 radical (unpaired) electrons. The Morgan fingerprint density at radius 1 is 0.962 bits per heavy atom. The van der Waals surface area contributed by atoms with Crippen molar-refractivity contribution < 1.29 is 9.13 Å². The number of nitrogens with one attached hydrogen (secondary N) is 1. The molecule has 0 spiro atoms. The summed E-state index contributed by atoms with van der Waals surface area (Å²) in [6.07, 6.45) is 0. The average molecular weight is 365 g/mol. The summed E-state index contributed by atoms with van der Waals surface area (Å²) < 4.78 is 19.6. The third-order valence-electron chi connectivity index (χ3n) is 3.90. The summed E-state index contributed by atoms with van der Waals surface area (Å²) in [5.41, 5.74) is 0.416. The fourth-order valence-corrected chi connectivity index (χ4v) is 3.25. The minimum atomic E-state index is -0.320. The van der Waals surface area contributed by atoms with E-state index in [1.807, 2.05) is 30.3 Å². The van der Waals surface area contributed by atoms with Crippen LogP contribution in [0, 0.1) is 5.82 Å². The summed E-state index contributed by atoms with van der Waals surface area (Å²) in [4.78, 5) is 4.33. The number of H-pyrrole nitrogens is 1. The Hall–Kier alpha value is -2.86. The fourth-order valence-electron chi connectivity index (χ4n) is 2.63. The van der Waals surface area contributed by atoms with E-state index in [4.69, 9.17) is 4.74 Å². The van der Waals surface area contributed by atoms with E-state index < -0.39 is 0 Å². The molecule has 0 unspecified atom stereocenters. The normalized spacial score (nSPS) is 11.0. The van der Waals surface area contributed by atoms with Gasteiger partial charge in [-0.2, -0.15) is 0 Å². The summed E-state index contributed by atoms with van der Waals surface area (Å²) >= 11 is 1.46. The molecule has 0 saturated heterocycles. The second-order valence-electron chi connectivity index (χ2n) is 5.65. The van der Waals surface area contributed by atoms with Crippen LogP contribution in [0.25, 0.3) is 22.2 Å². The molecule has 4 rings (SSSR count). The fraction of sp³-hybridized carbons (Fsp3) is 0.100. The first-order valence-electron chi connectivity index (χ1n) is 8.21. The second kappa shape index (κ2) is 7.58. The van der Waals surface area contributed by atoms with Gasteiger partial charge in [0.15, 0.2) is 5.82 Å². The van der Waals surface area contributed by atoms with Crippen molar-refractivity contribution in [3.63, 3.8) is 0 Å². The molecule has 4 nitrogen and oxygen atoms in total. The number of benzene rings is 3. The number of halogens is 1. The maximum atomic E-state index is 13.8. The lowest BCUT2D eigenvalue weighted by atomic mass is 10.1. The average Bonchev–Trinajstić information content (AvgIpc) is 3.14. The van der Waals surface area contributed by atoms with Gasteiger partial charge in [0, 0.05) is 5.75 Å². The molecule has 1 heterocycles. The second-order valence-corrected chi connectivity index (χ2v) is 6.71. The summed E-state index contributed by atoms with van der Waals surface area (Å²) in [5.74, 6) is 1.65. The Morgan fingerprint density at radius 2 is 1.77 bits per heavy atom. The van der Waals surface area contributed by atoms with E-state index in [-0.39, 0.29) is 5.82 Å². The minimum Gasteiger partial charge on any atom is -0.493 e. The molecule has 0 fully saturated rings. The van der Waals surface area contributed by atoms with Crippen LogP contribution in [0.2, 0.25) is 0 Å². The zero-order valence-electron chi connectivity index (χ0n) is 13.9. The molecule has 0 bridgehead atoms. The van der Waals surface area contributed by atoms with Crippen LogP contribution >= 0.6 is 11.8 Å². The van der Waals surface area contributed by atoms with Crippen LogP contribution in [0.15, 0.2) is 71.9 Å². The Balaban J connectivity index is 1.33. The van der Waals surface area contributed by atoms with Crippen LogP contribution in [-0.2, 0) is 0 Å². The Bertz CT molecular complexity index is 1030. The number of aromatic amines is 1.